The number of hydrogen-bond donors (Lipinski definition) is 0. The van der Waals surface area contributed by atoms with Gasteiger partial charge < -0.3 is 9.47 Å². The van der Waals surface area contributed by atoms with Crippen LogP contribution >= 0.6 is 0 Å². The van der Waals surface area contributed by atoms with Gasteiger partial charge in [-0.2, -0.15) is 5.26 Å². The lowest BCUT2D eigenvalue weighted by atomic mass is 9.76. The van der Waals surface area contributed by atoms with Gasteiger partial charge in [0.05, 0.1) is 31.8 Å². The van der Waals surface area contributed by atoms with Crippen molar-refractivity contribution in [3.63, 3.8) is 0 Å². The fourth-order valence-electron chi connectivity index (χ4n) is 1.94. The van der Waals surface area contributed by atoms with Crippen LogP contribution in [0.25, 0.3) is 0 Å². The Morgan fingerprint density at radius 3 is 2.59 bits per heavy atom. The minimum absolute atomic E-state index is 0.107. The summed E-state index contributed by atoms with van der Waals surface area (Å²) >= 11 is 0. The van der Waals surface area contributed by atoms with Crippen LogP contribution in [0, 0.1) is 23.0 Å². The van der Waals surface area contributed by atoms with E-state index in [4.69, 9.17) is 14.7 Å². The molecule has 0 aliphatic carbocycles. The molecule has 1 aromatic rings. The first-order valence-electron chi connectivity index (χ1n) is 5.11. The molecule has 0 atom stereocenters. The lowest BCUT2D eigenvalue weighted by molar-refractivity contribution is -0.0594. The first-order chi connectivity index (χ1) is 8.13. The first-order valence-corrected chi connectivity index (χ1v) is 5.11. The summed E-state index contributed by atoms with van der Waals surface area (Å²) in [6, 6.07) is 4.08. The SMILES string of the molecule is COc1cc(F)c(C2(CC#N)COC2)cc1F. The van der Waals surface area contributed by atoms with E-state index in [1.807, 2.05) is 6.07 Å². The maximum absolute atomic E-state index is 13.8. The quantitative estimate of drug-likeness (QED) is 0.811. The summed E-state index contributed by atoms with van der Waals surface area (Å²) in [5, 5.41) is 8.74. The molecule has 0 radical (unpaired) electrons. The van der Waals surface area contributed by atoms with Crippen molar-refractivity contribution in [2.45, 2.75) is 11.8 Å². The highest BCUT2D eigenvalue weighted by Crippen LogP contribution is 2.38. The fraction of sp³-hybridized carbons (Fsp3) is 0.417. The molecule has 1 fully saturated rings. The molecular weight excluding hydrogens is 228 g/mol. The molecule has 90 valence electrons. The molecule has 0 aromatic heterocycles. The zero-order chi connectivity index (χ0) is 12.5. The molecule has 0 N–H and O–H groups in total. The molecule has 1 saturated heterocycles. The Kier molecular flexibility index (Phi) is 2.99. The van der Waals surface area contributed by atoms with Gasteiger partial charge in [-0.3, -0.25) is 0 Å². The molecular formula is C12H11F2NO2. The fourth-order valence-corrected chi connectivity index (χ4v) is 1.94. The van der Waals surface area contributed by atoms with Gasteiger partial charge in [-0.15, -0.1) is 0 Å². The van der Waals surface area contributed by atoms with E-state index >= 15 is 0 Å². The van der Waals surface area contributed by atoms with E-state index < -0.39 is 17.0 Å². The zero-order valence-corrected chi connectivity index (χ0v) is 9.30. The lowest BCUT2D eigenvalue weighted by Crippen LogP contribution is -2.47. The second-order valence-corrected chi connectivity index (χ2v) is 4.07. The minimum Gasteiger partial charge on any atom is -0.494 e. The molecule has 1 heterocycles. The lowest BCUT2D eigenvalue weighted by Gasteiger charge is -2.40. The van der Waals surface area contributed by atoms with E-state index in [2.05, 4.69) is 0 Å². The van der Waals surface area contributed by atoms with Crippen LogP contribution in [0.5, 0.6) is 5.75 Å². The topological polar surface area (TPSA) is 42.2 Å². The van der Waals surface area contributed by atoms with Crippen LogP contribution in [0.4, 0.5) is 8.78 Å². The third-order valence-corrected chi connectivity index (χ3v) is 2.99. The standard InChI is InChI=1S/C12H11F2NO2/c1-16-11-5-9(13)8(4-10(11)14)12(2-3-15)6-17-7-12/h4-5H,2,6-7H2,1H3. The molecule has 0 saturated carbocycles. The van der Waals surface area contributed by atoms with Crippen LogP contribution in [0.1, 0.15) is 12.0 Å². The highest BCUT2D eigenvalue weighted by atomic mass is 19.1. The summed E-state index contributed by atoms with van der Waals surface area (Å²) in [5.41, 5.74) is -0.532. The number of nitriles is 1. The predicted molar refractivity (Wildman–Crippen MR) is 55.6 cm³/mol. The van der Waals surface area contributed by atoms with Crippen molar-refractivity contribution in [3.05, 3.63) is 29.3 Å². The smallest absolute Gasteiger partial charge is 0.165 e. The van der Waals surface area contributed by atoms with Crippen LogP contribution in [0.15, 0.2) is 12.1 Å². The van der Waals surface area contributed by atoms with Crippen molar-refractivity contribution in [1.82, 2.24) is 0 Å². The monoisotopic (exact) mass is 239 g/mol. The van der Waals surface area contributed by atoms with Gasteiger partial charge in [0.1, 0.15) is 5.82 Å². The molecule has 2 rings (SSSR count). The third kappa shape index (κ3) is 1.85. The molecule has 0 spiro atoms. The molecule has 0 amide bonds. The van der Waals surface area contributed by atoms with E-state index in [9.17, 15) is 8.78 Å². The van der Waals surface area contributed by atoms with E-state index in [1.165, 1.54) is 7.11 Å². The van der Waals surface area contributed by atoms with Crippen molar-refractivity contribution >= 4 is 0 Å². The van der Waals surface area contributed by atoms with Crippen LogP contribution < -0.4 is 4.74 Å². The number of methoxy groups -OCH3 is 1. The average molecular weight is 239 g/mol. The minimum atomic E-state index is -0.716. The third-order valence-electron chi connectivity index (χ3n) is 2.99. The summed E-state index contributed by atoms with van der Waals surface area (Å²) in [6.07, 6.45) is 0.107. The van der Waals surface area contributed by atoms with Crippen molar-refractivity contribution < 1.29 is 18.3 Å². The van der Waals surface area contributed by atoms with Gasteiger partial charge in [-0.05, 0) is 6.07 Å². The molecule has 1 aliphatic rings. The van der Waals surface area contributed by atoms with Gasteiger partial charge in [-0.25, -0.2) is 8.78 Å². The van der Waals surface area contributed by atoms with Gasteiger partial charge in [-0.1, -0.05) is 0 Å². The Hall–Kier alpha value is -1.67. The van der Waals surface area contributed by atoms with Gasteiger partial charge in [0.25, 0.3) is 0 Å². The van der Waals surface area contributed by atoms with Crippen molar-refractivity contribution in [2.24, 2.45) is 0 Å². The first kappa shape index (κ1) is 11.8. The predicted octanol–water partition coefficient (Wildman–Crippen LogP) is 2.16. The average Bonchev–Trinajstić information content (AvgIpc) is 2.26. The summed E-state index contributed by atoms with van der Waals surface area (Å²) in [5.74, 6) is -1.34. The van der Waals surface area contributed by atoms with E-state index in [0.29, 0.717) is 0 Å². The van der Waals surface area contributed by atoms with Crippen molar-refractivity contribution in [1.29, 1.82) is 5.26 Å². The largest absolute Gasteiger partial charge is 0.494 e. The Balaban J connectivity index is 2.45. The van der Waals surface area contributed by atoms with Crippen LogP contribution in [0.3, 0.4) is 0 Å². The summed E-state index contributed by atoms with van der Waals surface area (Å²) in [7, 11) is 1.27. The number of hydrogen-bond acceptors (Lipinski definition) is 3. The molecule has 5 heteroatoms. The van der Waals surface area contributed by atoms with Gasteiger partial charge in [0.2, 0.25) is 0 Å². The van der Waals surface area contributed by atoms with Crippen LogP contribution in [0.2, 0.25) is 0 Å². The molecule has 17 heavy (non-hydrogen) atoms. The molecule has 1 aromatic carbocycles. The summed E-state index contributed by atoms with van der Waals surface area (Å²) in [4.78, 5) is 0. The number of ether oxygens (including phenoxy) is 2. The second-order valence-electron chi connectivity index (χ2n) is 4.07. The second kappa shape index (κ2) is 4.30. The maximum Gasteiger partial charge on any atom is 0.165 e. The Bertz CT molecular complexity index is 478. The maximum atomic E-state index is 13.8. The number of nitrogens with zero attached hydrogens (tertiary/aromatic N) is 1. The molecule has 3 nitrogen and oxygen atoms in total. The van der Waals surface area contributed by atoms with E-state index in [1.54, 1.807) is 0 Å². The summed E-state index contributed by atoms with van der Waals surface area (Å²) < 4.78 is 37.1. The highest BCUT2D eigenvalue weighted by Gasteiger charge is 2.42. The number of benzene rings is 1. The number of rotatable bonds is 3. The van der Waals surface area contributed by atoms with E-state index in [-0.39, 0.29) is 30.9 Å². The van der Waals surface area contributed by atoms with Crippen molar-refractivity contribution in [3.8, 4) is 11.8 Å². The van der Waals surface area contributed by atoms with Gasteiger partial charge >= 0.3 is 0 Å². The Labute approximate surface area is 97.6 Å². The normalized spacial score (nSPS) is 17.1. The molecule has 1 aliphatic heterocycles. The molecule has 0 unspecified atom stereocenters. The van der Waals surface area contributed by atoms with Crippen LogP contribution in [-0.2, 0) is 10.2 Å². The van der Waals surface area contributed by atoms with Crippen molar-refractivity contribution in [2.75, 3.05) is 20.3 Å². The van der Waals surface area contributed by atoms with Gasteiger partial charge in [0, 0.05) is 18.1 Å². The number of halogens is 2. The Morgan fingerprint density at radius 2 is 2.12 bits per heavy atom. The summed E-state index contributed by atoms with van der Waals surface area (Å²) in [6.45, 7) is 0.479. The zero-order valence-electron chi connectivity index (χ0n) is 9.30. The van der Waals surface area contributed by atoms with E-state index in [0.717, 1.165) is 12.1 Å². The van der Waals surface area contributed by atoms with Crippen LogP contribution in [-0.4, -0.2) is 20.3 Å². The molecule has 0 bridgehead atoms. The highest BCUT2D eigenvalue weighted by molar-refractivity contribution is 5.37. The Morgan fingerprint density at radius 1 is 1.41 bits per heavy atom. The van der Waals surface area contributed by atoms with Gasteiger partial charge in [0.15, 0.2) is 11.6 Å².